The van der Waals surface area contributed by atoms with E-state index in [-0.39, 0.29) is 12.1 Å². The average molecular weight is 278 g/mol. The Kier molecular flexibility index (Phi) is 4.38. The first-order valence-corrected chi connectivity index (χ1v) is 7.86. The number of hydrogen-bond donors (Lipinski definition) is 1. The quantitative estimate of drug-likeness (QED) is 0.882. The summed E-state index contributed by atoms with van der Waals surface area (Å²) >= 11 is 0. The van der Waals surface area contributed by atoms with Gasteiger partial charge in [0.05, 0.1) is 24.4 Å². The van der Waals surface area contributed by atoms with Crippen molar-refractivity contribution in [2.75, 3.05) is 26.2 Å². The zero-order valence-electron chi connectivity index (χ0n) is 12.6. The lowest BCUT2D eigenvalue weighted by Gasteiger charge is -2.39. The zero-order chi connectivity index (χ0) is 13.9. The van der Waals surface area contributed by atoms with Crippen LogP contribution < -0.4 is 5.32 Å². The molecule has 0 spiro atoms. The van der Waals surface area contributed by atoms with Gasteiger partial charge in [-0.1, -0.05) is 6.92 Å². The number of nitrogens with zero attached hydrogens (tertiary/aromatic N) is 3. The maximum atomic E-state index is 6.18. The van der Waals surface area contributed by atoms with Crippen LogP contribution in [0.25, 0.3) is 0 Å². The highest BCUT2D eigenvalue weighted by molar-refractivity contribution is 5.10. The normalized spacial score (nSPS) is 28.5. The maximum Gasteiger partial charge on any atom is 0.0912 e. The molecule has 0 saturated carbocycles. The molecule has 3 heterocycles. The molecule has 1 aromatic rings. The molecule has 0 bridgehead atoms. The van der Waals surface area contributed by atoms with Crippen molar-refractivity contribution in [2.45, 2.75) is 44.4 Å². The van der Waals surface area contributed by atoms with E-state index < -0.39 is 0 Å². The summed E-state index contributed by atoms with van der Waals surface area (Å²) < 4.78 is 8.15. The van der Waals surface area contributed by atoms with Crippen LogP contribution in [0.5, 0.6) is 0 Å². The van der Waals surface area contributed by atoms with Crippen LogP contribution in [0.1, 0.15) is 37.9 Å². The largest absolute Gasteiger partial charge is 0.373 e. The number of nitrogens with one attached hydrogen (secondary N) is 1. The highest BCUT2D eigenvalue weighted by Crippen LogP contribution is 2.28. The van der Waals surface area contributed by atoms with E-state index in [2.05, 4.69) is 28.3 Å². The lowest BCUT2D eigenvalue weighted by atomic mass is 10.0. The van der Waals surface area contributed by atoms with E-state index in [1.807, 2.05) is 17.9 Å². The molecule has 0 amide bonds. The first kappa shape index (κ1) is 14.0. The summed E-state index contributed by atoms with van der Waals surface area (Å²) in [6.45, 7) is 6.37. The monoisotopic (exact) mass is 278 g/mol. The molecule has 20 heavy (non-hydrogen) atoms. The van der Waals surface area contributed by atoms with E-state index in [9.17, 15) is 0 Å². The molecule has 2 saturated heterocycles. The summed E-state index contributed by atoms with van der Waals surface area (Å²) in [6, 6.07) is 3.00. The molecule has 0 radical (unpaired) electrons. The number of aromatic nitrogens is 2. The minimum absolute atomic E-state index is 0.228. The Bertz CT molecular complexity index is 433. The summed E-state index contributed by atoms with van der Waals surface area (Å²) in [4.78, 5) is 2.60. The number of ether oxygens (including phenoxy) is 1. The molecule has 2 aliphatic rings. The Morgan fingerprint density at radius 1 is 1.55 bits per heavy atom. The van der Waals surface area contributed by atoms with E-state index in [1.54, 1.807) is 0 Å². The van der Waals surface area contributed by atoms with Crippen molar-refractivity contribution in [1.29, 1.82) is 0 Å². The fraction of sp³-hybridized carbons (Fsp3) is 0.800. The van der Waals surface area contributed by atoms with Gasteiger partial charge in [-0.25, -0.2) is 0 Å². The standard InChI is InChI=1S/C15H26N4O/c1-3-7-16-15(13-6-8-17-18(13)2)14-10-19-9-4-5-12(19)11-20-14/h6,8,12,14-16H,3-5,7,9-11H2,1-2H3. The van der Waals surface area contributed by atoms with Gasteiger partial charge in [-0.15, -0.1) is 0 Å². The molecule has 2 aliphatic heterocycles. The minimum atomic E-state index is 0.228. The minimum Gasteiger partial charge on any atom is -0.373 e. The van der Waals surface area contributed by atoms with Gasteiger partial charge in [0.25, 0.3) is 0 Å². The van der Waals surface area contributed by atoms with Crippen molar-refractivity contribution in [3.8, 4) is 0 Å². The predicted octanol–water partition coefficient (Wildman–Crippen LogP) is 1.32. The molecular formula is C15H26N4O. The second kappa shape index (κ2) is 6.24. The van der Waals surface area contributed by atoms with Crippen molar-refractivity contribution in [2.24, 2.45) is 7.05 Å². The van der Waals surface area contributed by atoms with E-state index in [1.165, 1.54) is 25.1 Å². The fourth-order valence-electron chi connectivity index (χ4n) is 3.46. The summed E-state index contributed by atoms with van der Waals surface area (Å²) in [5.41, 5.74) is 1.22. The van der Waals surface area contributed by atoms with Gasteiger partial charge in [0, 0.05) is 25.8 Å². The molecule has 3 atom stereocenters. The van der Waals surface area contributed by atoms with Crippen LogP contribution in [-0.2, 0) is 11.8 Å². The van der Waals surface area contributed by atoms with Crippen molar-refractivity contribution < 1.29 is 4.74 Å². The lowest BCUT2D eigenvalue weighted by Crippen LogP contribution is -2.51. The highest BCUT2D eigenvalue weighted by Gasteiger charge is 2.36. The number of morpholine rings is 1. The van der Waals surface area contributed by atoms with Crippen LogP contribution in [0.4, 0.5) is 0 Å². The van der Waals surface area contributed by atoms with Gasteiger partial charge in [0.1, 0.15) is 0 Å². The second-order valence-electron chi connectivity index (χ2n) is 5.97. The van der Waals surface area contributed by atoms with Gasteiger partial charge in [0.15, 0.2) is 0 Å². The Labute approximate surface area is 121 Å². The summed E-state index contributed by atoms with van der Waals surface area (Å²) in [6.07, 6.45) is 5.85. The van der Waals surface area contributed by atoms with Crippen LogP contribution in [0.2, 0.25) is 0 Å². The molecule has 0 aliphatic carbocycles. The van der Waals surface area contributed by atoms with Crippen LogP contribution in [0.15, 0.2) is 12.3 Å². The van der Waals surface area contributed by atoms with Crippen molar-refractivity contribution >= 4 is 0 Å². The number of rotatable bonds is 5. The smallest absolute Gasteiger partial charge is 0.0912 e. The van der Waals surface area contributed by atoms with Crippen LogP contribution >= 0.6 is 0 Å². The van der Waals surface area contributed by atoms with E-state index in [0.717, 1.165) is 26.1 Å². The van der Waals surface area contributed by atoms with E-state index in [4.69, 9.17) is 4.74 Å². The van der Waals surface area contributed by atoms with E-state index >= 15 is 0 Å². The second-order valence-corrected chi connectivity index (χ2v) is 5.97. The Balaban J connectivity index is 1.73. The third-order valence-electron chi connectivity index (χ3n) is 4.58. The molecule has 5 nitrogen and oxygen atoms in total. The molecule has 112 valence electrons. The number of fused-ring (bicyclic) bond motifs is 1. The molecule has 0 aromatic carbocycles. The highest BCUT2D eigenvalue weighted by atomic mass is 16.5. The molecule has 1 aromatic heterocycles. The Morgan fingerprint density at radius 2 is 2.45 bits per heavy atom. The van der Waals surface area contributed by atoms with Crippen LogP contribution in [0.3, 0.4) is 0 Å². The third-order valence-corrected chi connectivity index (χ3v) is 4.58. The number of hydrogen-bond acceptors (Lipinski definition) is 4. The van der Waals surface area contributed by atoms with Gasteiger partial charge in [-0.2, -0.15) is 5.10 Å². The van der Waals surface area contributed by atoms with Gasteiger partial charge >= 0.3 is 0 Å². The Morgan fingerprint density at radius 3 is 3.20 bits per heavy atom. The van der Waals surface area contributed by atoms with Gasteiger partial charge in [0.2, 0.25) is 0 Å². The molecule has 3 rings (SSSR count). The lowest BCUT2D eigenvalue weighted by molar-refractivity contribution is -0.0663. The Hall–Kier alpha value is -0.910. The fourth-order valence-corrected chi connectivity index (χ4v) is 3.46. The molecular weight excluding hydrogens is 252 g/mol. The van der Waals surface area contributed by atoms with Crippen LogP contribution in [0, 0.1) is 0 Å². The maximum absolute atomic E-state index is 6.18. The summed E-state index contributed by atoms with van der Waals surface area (Å²) in [7, 11) is 2.01. The van der Waals surface area contributed by atoms with Crippen molar-refractivity contribution in [3.63, 3.8) is 0 Å². The molecule has 5 heteroatoms. The predicted molar refractivity (Wildman–Crippen MR) is 78.6 cm³/mol. The van der Waals surface area contributed by atoms with Gasteiger partial charge < -0.3 is 10.1 Å². The van der Waals surface area contributed by atoms with Gasteiger partial charge in [-0.3, -0.25) is 9.58 Å². The van der Waals surface area contributed by atoms with Gasteiger partial charge in [-0.05, 0) is 38.4 Å². The zero-order valence-corrected chi connectivity index (χ0v) is 12.6. The first-order chi connectivity index (χ1) is 9.79. The summed E-state index contributed by atoms with van der Waals surface area (Å²) in [5, 5.41) is 7.96. The molecule has 2 fully saturated rings. The number of aryl methyl sites for hydroxylation is 1. The first-order valence-electron chi connectivity index (χ1n) is 7.86. The van der Waals surface area contributed by atoms with Crippen molar-refractivity contribution in [1.82, 2.24) is 20.0 Å². The molecule has 3 unspecified atom stereocenters. The van der Waals surface area contributed by atoms with Crippen LogP contribution in [-0.4, -0.2) is 53.1 Å². The van der Waals surface area contributed by atoms with Crippen molar-refractivity contribution in [3.05, 3.63) is 18.0 Å². The summed E-state index contributed by atoms with van der Waals surface area (Å²) in [5.74, 6) is 0. The molecule has 1 N–H and O–H groups in total. The average Bonchev–Trinajstić information content (AvgIpc) is 3.08. The third kappa shape index (κ3) is 2.75. The SMILES string of the molecule is CCCNC(c1ccnn1C)C1CN2CCCC2CO1. The topological polar surface area (TPSA) is 42.3 Å². The van der Waals surface area contributed by atoms with E-state index in [0.29, 0.717) is 6.04 Å².